The zero-order valence-corrected chi connectivity index (χ0v) is 12.0. The second-order valence-electron chi connectivity index (χ2n) is 5.65. The summed E-state index contributed by atoms with van der Waals surface area (Å²) in [4.78, 5) is 14.4. The van der Waals surface area contributed by atoms with Crippen molar-refractivity contribution in [1.82, 2.24) is 9.80 Å². The average molecular weight is 314 g/mol. The summed E-state index contributed by atoms with van der Waals surface area (Å²) in [7, 11) is 0. The third kappa shape index (κ3) is 3.25. The van der Waals surface area contributed by atoms with Gasteiger partial charge < -0.3 is 9.64 Å². The van der Waals surface area contributed by atoms with E-state index in [-0.39, 0.29) is 13.1 Å². The van der Waals surface area contributed by atoms with Crippen LogP contribution in [0.4, 0.5) is 13.2 Å². The normalized spacial score (nSPS) is 19.3. The van der Waals surface area contributed by atoms with E-state index in [9.17, 15) is 18.0 Å². The fourth-order valence-corrected chi connectivity index (χ4v) is 2.89. The Kier molecular flexibility index (Phi) is 4.10. The van der Waals surface area contributed by atoms with E-state index in [1.165, 1.54) is 0 Å². The van der Waals surface area contributed by atoms with Crippen LogP contribution in [-0.2, 0) is 29.2 Å². The van der Waals surface area contributed by atoms with E-state index < -0.39 is 12.1 Å². The Morgan fingerprint density at radius 3 is 2.50 bits per heavy atom. The molecular formula is C15H17F3N2O2. The van der Waals surface area contributed by atoms with Crippen molar-refractivity contribution in [2.75, 3.05) is 26.3 Å². The Balaban J connectivity index is 1.68. The number of ether oxygens (including phenoxy) is 1. The van der Waals surface area contributed by atoms with Gasteiger partial charge in [-0.3, -0.25) is 9.69 Å². The molecule has 22 heavy (non-hydrogen) atoms. The topological polar surface area (TPSA) is 32.8 Å². The Bertz CT molecular complexity index is 568. The van der Waals surface area contributed by atoms with Gasteiger partial charge in [-0.2, -0.15) is 13.2 Å². The number of alkyl halides is 3. The molecule has 0 unspecified atom stereocenters. The van der Waals surface area contributed by atoms with Gasteiger partial charge >= 0.3 is 12.1 Å². The number of carbonyl (C=O) groups excluding carboxylic acids is 1. The van der Waals surface area contributed by atoms with Crippen LogP contribution in [0.25, 0.3) is 0 Å². The Hall–Kier alpha value is -1.60. The van der Waals surface area contributed by atoms with Crippen molar-refractivity contribution in [1.29, 1.82) is 0 Å². The number of halogens is 3. The Labute approximate surface area is 126 Å². The monoisotopic (exact) mass is 314 g/mol. The summed E-state index contributed by atoms with van der Waals surface area (Å²) in [6.45, 7) is 3.95. The second kappa shape index (κ2) is 5.89. The van der Waals surface area contributed by atoms with E-state index in [1.54, 1.807) is 0 Å². The minimum absolute atomic E-state index is 0.0324. The first-order chi connectivity index (χ1) is 10.4. The first-order valence-electron chi connectivity index (χ1n) is 7.20. The molecule has 0 bridgehead atoms. The summed E-state index contributed by atoms with van der Waals surface area (Å²) in [5.41, 5.74) is 2.66. The fourth-order valence-electron chi connectivity index (χ4n) is 2.89. The standard InChI is InChI=1S/C15H17F3N2O2/c16-15(17,18)14(21)20-9-12-2-1-11(7-13(12)10-20)8-19-3-5-22-6-4-19/h1-2,7H,3-6,8-10H2. The number of rotatable bonds is 2. The van der Waals surface area contributed by atoms with Crippen molar-refractivity contribution in [3.63, 3.8) is 0 Å². The lowest BCUT2D eigenvalue weighted by Gasteiger charge is -2.26. The van der Waals surface area contributed by atoms with Gasteiger partial charge in [0.05, 0.1) is 13.2 Å². The number of morpholine rings is 1. The lowest BCUT2D eigenvalue weighted by Crippen LogP contribution is -2.37. The van der Waals surface area contributed by atoms with Gasteiger partial charge in [-0.25, -0.2) is 0 Å². The summed E-state index contributed by atoms with van der Waals surface area (Å²) in [5.74, 6) is -1.77. The molecule has 1 fully saturated rings. The van der Waals surface area contributed by atoms with Crippen molar-refractivity contribution in [3.8, 4) is 0 Å². The molecule has 3 rings (SSSR count). The highest BCUT2D eigenvalue weighted by Crippen LogP contribution is 2.28. The minimum Gasteiger partial charge on any atom is -0.379 e. The van der Waals surface area contributed by atoms with E-state index in [0.717, 1.165) is 41.2 Å². The van der Waals surface area contributed by atoms with Crippen LogP contribution in [0.2, 0.25) is 0 Å². The molecule has 1 aromatic rings. The molecule has 2 aliphatic rings. The SMILES string of the molecule is O=C(N1Cc2ccc(CN3CCOCC3)cc2C1)C(F)(F)F. The van der Waals surface area contributed by atoms with Crippen LogP contribution < -0.4 is 0 Å². The molecule has 1 amide bonds. The first kappa shape index (κ1) is 15.3. The average Bonchev–Trinajstić information content (AvgIpc) is 2.89. The van der Waals surface area contributed by atoms with Gasteiger partial charge in [0.25, 0.3) is 0 Å². The fraction of sp³-hybridized carbons (Fsp3) is 0.533. The van der Waals surface area contributed by atoms with Gasteiger partial charge in [-0.15, -0.1) is 0 Å². The van der Waals surface area contributed by atoms with Crippen LogP contribution in [0.1, 0.15) is 16.7 Å². The highest BCUT2D eigenvalue weighted by molar-refractivity contribution is 5.82. The molecule has 0 saturated carbocycles. The third-order valence-electron chi connectivity index (χ3n) is 4.03. The van der Waals surface area contributed by atoms with Crippen molar-refractivity contribution >= 4 is 5.91 Å². The molecule has 7 heteroatoms. The molecule has 0 N–H and O–H groups in total. The maximum atomic E-state index is 12.5. The zero-order chi connectivity index (χ0) is 15.7. The lowest BCUT2D eigenvalue weighted by molar-refractivity contribution is -0.186. The van der Waals surface area contributed by atoms with Crippen LogP contribution in [-0.4, -0.2) is 48.2 Å². The molecule has 0 aliphatic carbocycles. The third-order valence-corrected chi connectivity index (χ3v) is 4.03. The highest BCUT2D eigenvalue weighted by Gasteiger charge is 2.43. The van der Waals surface area contributed by atoms with Gasteiger partial charge in [0.1, 0.15) is 0 Å². The molecule has 0 atom stereocenters. The predicted molar refractivity (Wildman–Crippen MR) is 72.8 cm³/mol. The van der Waals surface area contributed by atoms with Gasteiger partial charge in [-0.1, -0.05) is 18.2 Å². The van der Waals surface area contributed by atoms with Gasteiger partial charge in [0.2, 0.25) is 0 Å². The van der Waals surface area contributed by atoms with E-state index >= 15 is 0 Å². The van der Waals surface area contributed by atoms with E-state index in [0.29, 0.717) is 13.2 Å². The number of carbonyl (C=O) groups is 1. The Morgan fingerprint density at radius 2 is 1.82 bits per heavy atom. The predicted octanol–water partition coefficient (Wildman–Crippen LogP) is 1.92. The second-order valence-corrected chi connectivity index (χ2v) is 5.65. The number of amides is 1. The summed E-state index contributed by atoms with van der Waals surface area (Å²) in [6, 6.07) is 5.67. The molecule has 1 saturated heterocycles. The summed E-state index contributed by atoms with van der Waals surface area (Å²) in [6.07, 6.45) is -4.81. The molecule has 0 radical (unpaired) electrons. The van der Waals surface area contributed by atoms with E-state index in [1.807, 2.05) is 18.2 Å². The van der Waals surface area contributed by atoms with Crippen LogP contribution in [0.5, 0.6) is 0 Å². The summed E-state index contributed by atoms with van der Waals surface area (Å²) < 4.78 is 42.8. The first-order valence-corrected chi connectivity index (χ1v) is 7.20. The van der Waals surface area contributed by atoms with Gasteiger partial charge in [-0.05, 0) is 16.7 Å². The zero-order valence-electron chi connectivity index (χ0n) is 12.0. The summed E-state index contributed by atoms with van der Waals surface area (Å²) >= 11 is 0. The maximum absolute atomic E-state index is 12.5. The van der Waals surface area contributed by atoms with Crippen LogP contribution in [0.15, 0.2) is 18.2 Å². The van der Waals surface area contributed by atoms with Crippen molar-refractivity contribution in [3.05, 3.63) is 34.9 Å². The van der Waals surface area contributed by atoms with Crippen LogP contribution in [0, 0.1) is 0 Å². The number of nitrogens with zero attached hydrogens (tertiary/aromatic N) is 2. The lowest BCUT2D eigenvalue weighted by atomic mass is 10.1. The molecule has 0 spiro atoms. The largest absolute Gasteiger partial charge is 0.471 e. The van der Waals surface area contributed by atoms with Gasteiger partial charge in [0.15, 0.2) is 0 Å². The van der Waals surface area contributed by atoms with E-state index in [2.05, 4.69) is 4.90 Å². The maximum Gasteiger partial charge on any atom is 0.471 e. The van der Waals surface area contributed by atoms with Crippen molar-refractivity contribution in [2.45, 2.75) is 25.8 Å². The molecule has 4 nitrogen and oxygen atoms in total. The number of benzene rings is 1. The number of fused-ring (bicyclic) bond motifs is 1. The number of hydrogen-bond acceptors (Lipinski definition) is 3. The van der Waals surface area contributed by atoms with Crippen LogP contribution >= 0.6 is 0 Å². The molecule has 2 aliphatic heterocycles. The van der Waals surface area contributed by atoms with Crippen LogP contribution in [0.3, 0.4) is 0 Å². The highest BCUT2D eigenvalue weighted by atomic mass is 19.4. The quantitative estimate of drug-likeness (QED) is 0.836. The number of hydrogen-bond donors (Lipinski definition) is 0. The molecule has 0 aromatic heterocycles. The molecule has 2 heterocycles. The van der Waals surface area contributed by atoms with Crippen molar-refractivity contribution in [2.24, 2.45) is 0 Å². The minimum atomic E-state index is -4.81. The Morgan fingerprint density at radius 1 is 1.14 bits per heavy atom. The summed E-state index contributed by atoms with van der Waals surface area (Å²) in [5, 5.41) is 0. The molecular weight excluding hydrogens is 297 g/mol. The smallest absolute Gasteiger partial charge is 0.379 e. The van der Waals surface area contributed by atoms with Crippen molar-refractivity contribution < 1.29 is 22.7 Å². The molecule has 1 aromatic carbocycles. The van der Waals surface area contributed by atoms with E-state index in [4.69, 9.17) is 4.74 Å². The van der Waals surface area contributed by atoms with Gasteiger partial charge in [0, 0.05) is 32.7 Å². The molecule has 120 valence electrons.